The van der Waals surface area contributed by atoms with Crippen LogP contribution in [-0.4, -0.2) is 30.2 Å². The van der Waals surface area contributed by atoms with Crippen molar-refractivity contribution < 1.29 is 28.6 Å². The van der Waals surface area contributed by atoms with Crippen molar-refractivity contribution in [3.05, 3.63) is 120 Å². The Kier molecular flexibility index (Phi) is 11.6. The number of nitrogens with one attached hydrogen (secondary N) is 2. The quantitative estimate of drug-likeness (QED) is 0.120. The average molecular weight is 531 g/mol. The van der Waals surface area contributed by atoms with Gasteiger partial charge in [0.2, 0.25) is 0 Å². The van der Waals surface area contributed by atoms with Gasteiger partial charge >= 0.3 is 18.2 Å². The summed E-state index contributed by atoms with van der Waals surface area (Å²) < 4.78 is 16.1. The van der Waals surface area contributed by atoms with Gasteiger partial charge in [0.1, 0.15) is 19.8 Å². The zero-order chi connectivity index (χ0) is 27.8. The van der Waals surface area contributed by atoms with E-state index < -0.39 is 23.7 Å². The van der Waals surface area contributed by atoms with Gasteiger partial charge in [-0.2, -0.15) is 0 Å². The van der Waals surface area contributed by atoms with Crippen LogP contribution in [0.1, 0.15) is 36.0 Å². The van der Waals surface area contributed by atoms with Gasteiger partial charge in [0, 0.05) is 6.54 Å². The Morgan fingerprint density at radius 1 is 0.667 bits per heavy atom. The number of amides is 2. The number of alkyl carbamates (subject to hydrolysis) is 2. The summed E-state index contributed by atoms with van der Waals surface area (Å²) in [6.45, 7) is 4.40. The van der Waals surface area contributed by atoms with E-state index >= 15 is 0 Å². The molecule has 2 N–H and O–H groups in total. The molecule has 0 unspecified atom stereocenters. The zero-order valence-corrected chi connectivity index (χ0v) is 21.8. The lowest BCUT2D eigenvalue weighted by Crippen LogP contribution is -2.54. The third-order valence-corrected chi connectivity index (χ3v) is 5.94. The van der Waals surface area contributed by atoms with E-state index in [9.17, 15) is 14.4 Å². The van der Waals surface area contributed by atoms with Crippen molar-refractivity contribution in [1.29, 1.82) is 0 Å². The Morgan fingerprint density at radius 3 is 1.62 bits per heavy atom. The minimum absolute atomic E-state index is 0.0464. The first kappa shape index (κ1) is 29.0. The highest BCUT2D eigenvalue weighted by Crippen LogP contribution is 2.20. The molecule has 204 valence electrons. The van der Waals surface area contributed by atoms with Crippen molar-refractivity contribution in [2.45, 2.75) is 44.6 Å². The summed E-state index contributed by atoms with van der Waals surface area (Å²) in [5, 5.41) is 5.36. The third kappa shape index (κ3) is 10.0. The number of hydrogen-bond acceptors (Lipinski definition) is 6. The third-order valence-electron chi connectivity index (χ3n) is 5.94. The number of carbonyl (C=O) groups is 3. The number of hydrogen-bond donors (Lipinski definition) is 2. The lowest BCUT2D eigenvalue weighted by molar-refractivity contribution is -0.151. The molecule has 0 aromatic heterocycles. The van der Waals surface area contributed by atoms with Gasteiger partial charge < -0.3 is 24.8 Å². The van der Waals surface area contributed by atoms with Gasteiger partial charge in [-0.1, -0.05) is 97.1 Å². The van der Waals surface area contributed by atoms with Crippen LogP contribution in [0.2, 0.25) is 0 Å². The highest BCUT2D eigenvalue weighted by Gasteiger charge is 2.39. The molecule has 8 heteroatoms. The molecule has 3 aromatic carbocycles. The van der Waals surface area contributed by atoms with Crippen molar-refractivity contribution >= 4 is 18.2 Å². The first-order valence-electron chi connectivity index (χ1n) is 12.8. The van der Waals surface area contributed by atoms with E-state index in [1.54, 1.807) is 0 Å². The number of ether oxygens (including phenoxy) is 3. The van der Waals surface area contributed by atoms with E-state index in [0.29, 0.717) is 19.4 Å². The maximum atomic E-state index is 13.2. The van der Waals surface area contributed by atoms with Crippen molar-refractivity contribution in [2.75, 3.05) is 6.54 Å². The van der Waals surface area contributed by atoms with Crippen molar-refractivity contribution in [1.82, 2.24) is 10.6 Å². The molecule has 0 aliphatic heterocycles. The van der Waals surface area contributed by atoms with E-state index in [0.717, 1.165) is 16.7 Å². The Labute approximate surface area is 229 Å². The fraction of sp³-hybridized carbons (Fsp3) is 0.258. The molecule has 8 nitrogen and oxygen atoms in total. The average Bonchev–Trinajstić information content (AvgIpc) is 2.98. The van der Waals surface area contributed by atoms with E-state index in [1.165, 1.54) is 6.08 Å². The molecule has 3 aromatic rings. The van der Waals surface area contributed by atoms with Crippen LogP contribution in [0.25, 0.3) is 0 Å². The van der Waals surface area contributed by atoms with E-state index in [1.807, 2.05) is 91.0 Å². The Hall–Kier alpha value is -4.59. The minimum Gasteiger partial charge on any atom is -0.459 e. The Morgan fingerprint density at radius 2 is 1.13 bits per heavy atom. The maximum absolute atomic E-state index is 13.2. The fourth-order valence-corrected chi connectivity index (χ4v) is 3.74. The second-order valence-corrected chi connectivity index (χ2v) is 8.87. The predicted molar refractivity (Wildman–Crippen MR) is 147 cm³/mol. The van der Waals surface area contributed by atoms with Crippen molar-refractivity contribution in [3.8, 4) is 0 Å². The van der Waals surface area contributed by atoms with Gasteiger partial charge in [0.25, 0.3) is 0 Å². The van der Waals surface area contributed by atoms with Gasteiger partial charge in [0.15, 0.2) is 5.54 Å². The molecule has 0 fully saturated rings. The lowest BCUT2D eigenvalue weighted by Gasteiger charge is -2.29. The normalized spacial score (nSPS) is 11.9. The molecule has 0 radical (unpaired) electrons. The summed E-state index contributed by atoms with van der Waals surface area (Å²) in [6, 6.07) is 27.9. The summed E-state index contributed by atoms with van der Waals surface area (Å²) in [6.07, 6.45) is 1.28. The fourth-order valence-electron chi connectivity index (χ4n) is 3.74. The number of unbranched alkanes of at least 4 members (excludes halogenated alkanes) is 1. The highest BCUT2D eigenvalue weighted by molar-refractivity contribution is 5.88. The molecular formula is C31H34N2O6. The molecule has 0 aliphatic carbocycles. The number of rotatable bonds is 14. The van der Waals surface area contributed by atoms with E-state index in [4.69, 9.17) is 14.2 Å². The topological polar surface area (TPSA) is 103 Å². The number of carbonyl (C=O) groups excluding carboxylic acids is 3. The smallest absolute Gasteiger partial charge is 0.408 e. The largest absolute Gasteiger partial charge is 0.459 e. The molecule has 0 spiro atoms. The SMILES string of the molecule is C=C[C@@](CCCCNC(=O)OCc1ccccc1)(NC(=O)OCc1ccccc1)C(=O)OCc1ccccc1. The molecule has 39 heavy (non-hydrogen) atoms. The first-order chi connectivity index (χ1) is 19.0. The van der Waals surface area contributed by atoms with E-state index in [2.05, 4.69) is 17.2 Å². The van der Waals surface area contributed by atoms with Crippen LogP contribution in [-0.2, 0) is 38.8 Å². The summed E-state index contributed by atoms with van der Waals surface area (Å²) >= 11 is 0. The highest BCUT2D eigenvalue weighted by atomic mass is 16.6. The molecule has 2 amide bonds. The summed E-state index contributed by atoms with van der Waals surface area (Å²) in [5.41, 5.74) is 1.01. The molecular weight excluding hydrogens is 496 g/mol. The van der Waals surface area contributed by atoms with Crippen LogP contribution in [0.3, 0.4) is 0 Å². The minimum atomic E-state index is -1.50. The monoisotopic (exact) mass is 530 g/mol. The van der Waals surface area contributed by atoms with Crippen LogP contribution < -0.4 is 10.6 Å². The molecule has 0 saturated heterocycles. The van der Waals surface area contributed by atoms with Crippen LogP contribution in [0.5, 0.6) is 0 Å². The summed E-state index contributed by atoms with van der Waals surface area (Å²) in [4.78, 5) is 37.9. The van der Waals surface area contributed by atoms with Crippen LogP contribution in [0, 0.1) is 0 Å². The van der Waals surface area contributed by atoms with Crippen LogP contribution in [0.4, 0.5) is 9.59 Å². The molecule has 0 aliphatic rings. The van der Waals surface area contributed by atoms with Crippen LogP contribution >= 0.6 is 0 Å². The second-order valence-electron chi connectivity index (χ2n) is 8.87. The maximum Gasteiger partial charge on any atom is 0.408 e. The second kappa shape index (κ2) is 15.6. The summed E-state index contributed by atoms with van der Waals surface area (Å²) in [5.74, 6) is -0.645. The molecule has 0 bridgehead atoms. The van der Waals surface area contributed by atoms with Gasteiger partial charge in [-0.25, -0.2) is 14.4 Å². The zero-order valence-electron chi connectivity index (χ0n) is 21.8. The predicted octanol–water partition coefficient (Wildman–Crippen LogP) is 5.68. The van der Waals surface area contributed by atoms with Crippen LogP contribution in [0.15, 0.2) is 104 Å². The van der Waals surface area contributed by atoms with Gasteiger partial charge in [0.05, 0.1) is 0 Å². The molecule has 0 heterocycles. The van der Waals surface area contributed by atoms with Gasteiger partial charge in [-0.3, -0.25) is 0 Å². The van der Waals surface area contributed by atoms with Crippen molar-refractivity contribution in [2.24, 2.45) is 0 Å². The van der Waals surface area contributed by atoms with Crippen molar-refractivity contribution in [3.63, 3.8) is 0 Å². The lowest BCUT2D eigenvalue weighted by atomic mass is 9.92. The Balaban J connectivity index is 1.53. The molecule has 0 saturated carbocycles. The standard InChI is InChI=1S/C31H34N2O6/c1-2-31(28(34)37-22-25-14-6-3-7-15-25,33-30(36)39-24-27-18-10-5-11-19-27)20-12-13-21-32-29(35)38-23-26-16-8-4-9-17-26/h2-11,14-19H,1,12-13,20-24H2,(H,32,35)(H,33,36)/t31-/m0/s1. The number of benzene rings is 3. The van der Waals surface area contributed by atoms with E-state index in [-0.39, 0.29) is 26.2 Å². The number of esters is 1. The molecule has 1 atom stereocenters. The van der Waals surface area contributed by atoms with Gasteiger partial charge in [-0.05, 0) is 36.0 Å². The molecule has 3 rings (SSSR count). The first-order valence-corrected chi connectivity index (χ1v) is 12.8. The summed E-state index contributed by atoms with van der Waals surface area (Å²) in [7, 11) is 0. The van der Waals surface area contributed by atoms with Gasteiger partial charge in [-0.15, -0.1) is 6.58 Å². The Bertz CT molecular complexity index is 1190.